The Bertz CT molecular complexity index is 373. The van der Waals surface area contributed by atoms with Crippen molar-refractivity contribution >= 4 is 6.29 Å². The largest absolute Gasteiger partial charge is 0.418 e. The summed E-state index contributed by atoms with van der Waals surface area (Å²) in [6.07, 6.45) is -5.26. The number of carbonyl (C=O) groups excluding carboxylic acids is 1. The Hall–Kier alpha value is -1.53. The Morgan fingerprint density at radius 1 is 1.29 bits per heavy atom. The summed E-state index contributed by atoms with van der Waals surface area (Å²) in [4.78, 5) is 12.6. The van der Waals surface area contributed by atoms with Gasteiger partial charge in [0.15, 0.2) is 12.1 Å². The second-order valence-electron chi connectivity index (χ2n) is 2.31. The third-order valence-corrected chi connectivity index (χ3v) is 1.44. The van der Waals surface area contributed by atoms with Crippen LogP contribution in [0.5, 0.6) is 0 Å². The fourth-order valence-electron chi connectivity index (χ4n) is 0.818. The van der Waals surface area contributed by atoms with Crippen LogP contribution >= 0.6 is 0 Å². The third-order valence-electron chi connectivity index (χ3n) is 1.44. The van der Waals surface area contributed by atoms with Crippen molar-refractivity contribution in [3.8, 4) is 0 Å². The van der Waals surface area contributed by atoms with E-state index in [-0.39, 0.29) is 6.20 Å². The highest BCUT2D eigenvalue weighted by molar-refractivity contribution is 5.77. The molecule has 0 aromatic carbocycles. The van der Waals surface area contributed by atoms with Crippen LogP contribution in [-0.2, 0) is 6.18 Å². The maximum atomic E-state index is 12.6. The van der Waals surface area contributed by atoms with Gasteiger partial charge < -0.3 is 0 Å². The molecule has 0 aliphatic carbocycles. The molecule has 7 heteroatoms. The molecule has 0 unspecified atom stereocenters. The zero-order chi connectivity index (χ0) is 10.9. The second-order valence-corrected chi connectivity index (χ2v) is 2.31. The van der Waals surface area contributed by atoms with E-state index in [1.165, 1.54) is 0 Å². The van der Waals surface area contributed by atoms with Crippen molar-refractivity contribution in [1.29, 1.82) is 0 Å². The average molecular weight is 211 g/mol. The van der Waals surface area contributed by atoms with Gasteiger partial charge in [-0.3, -0.25) is 4.79 Å². The molecule has 2 nitrogen and oxygen atoms in total. The summed E-state index contributed by atoms with van der Waals surface area (Å²) in [6, 6.07) is 0. The van der Waals surface area contributed by atoms with Gasteiger partial charge in [0.1, 0.15) is 0 Å². The monoisotopic (exact) mass is 211 g/mol. The summed E-state index contributed by atoms with van der Waals surface area (Å²) in [5.41, 5.74) is -2.96. The maximum absolute atomic E-state index is 12.6. The Labute approximate surface area is 74.4 Å². The molecule has 0 aliphatic rings. The number of nitrogens with zero attached hydrogens (tertiary/aromatic N) is 1. The number of hydrogen-bond donors (Lipinski definition) is 0. The molecule has 1 rings (SSSR count). The summed E-state index contributed by atoms with van der Waals surface area (Å²) in [5, 5.41) is 0. The van der Waals surface area contributed by atoms with E-state index in [1.807, 2.05) is 0 Å². The Balaban J connectivity index is 3.47. The lowest BCUT2D eigenvalue weighted by molar-refractivity contribution is -0.138. The highest BCUT2D eigenvalue weighted by Gasteiger charge is 2.36. The summed E-state index contributed by atoms with van der Waals surface area (Å²) in [5.74, 6) is -3.63. The molecule has 1 aromatic rings. The van der Waals surface area contributed by atoms with Gasteiger partial charge in [-0.15, -0.1) is 0 Å². The zero-order valence-electron chi connectivity index (χ0n) is 6.40. The van der Waals surface area contributed by atoms with Crippen LogP contribution in [0.3, 0.4) is 0 Å². The Kier molecular flexibility index (Phi) is 2.50. The number of rotatable bonds is 1. The van der Waals surface area contributed by atoms with Crippen LogP contribution in [0.25, 0.3) is 0 Å². The van der Waals surface area contributed by atoms with Crippen LogP contribution in [0.4, 0.5) is 22.0 Å². The van der Waals surface area contributed by atoms with Crippen LogP contribution in [0.2, 0.25) is 0 Å². The number of alkyl halides is 3. The molecule has 0 bridgehead atoms. The van der Waals surface area contributed by atoms with Crippen LogP contribution in [0.15, 0.2) is 6.20 Å². The van der Waals surface area contributed by atoms with Gasteiger partial charge in [0, 0.05) is 6.20 Å². The second kappa shape index (κ2) is 3.32. The molecular formula is C7H2F5NO. The van der Waals surface area contributed by atoms with Crippen molar-refractivity contribution in [1.82, 2.24) is 4.98 Å². The summed E-state index contributed by atoms with van der Waals surface area (Å²) in [7, 11) is 0. The number of pyridine rings is 1. The maximum Gasteiger partial charge on any atom is 0.418 e. The number of carbonyl (C=O) groups is 1. The first-order chi connectivity index (χ1) is 6.38. The standard InChI is InChI=1S/C7H2F5NO/c8-5-3(2-14)4(7(10,11)12)1-13-6(5)9/h1-2H. The first-order valence-electron chi connectivity index (χ1n) is 3.24. The molecule has 1 aromatic heterocycles. The topological polar surface area (TPSA) is 30.0 Å². The molecule has 0 saturated carbocycles. The first kappa shape index (κ1) is 10.6. The minimum absolute atomic E-state index is 0.0716. The van der Waals surface area contributed by atoms with E-state index in [1.54, 1.807) is 0 Å². The minimum Gasteiger partial charge on any atom is -0.298 e. The lowest BCUT2D eigenvalue weighted by atomic mass is 10.1. The van der Waals surface area contributed by atoms with Gasteiger partial charge >= 0.3 is 6.18 Å². The summed E-state index contributed by atoms with van der Waals surface area (Å²) < 4.78 is 61.1. The predicted molar refractivity (Wildman–Crippen MR) is 34.5 cm³/mol. The molecule has 0 radical (unpaired) electrons. The Morgan fingerprint density at radius 2 is 1.86 bits per heavy atom. The van der Waals surface area contributed by atoms with E-state index in [2.05, 4.69) is 4.98 Å². The predicted octanol–water partition coefficient (Wildman–Crippen LogP) is 2.19. The SMILES string of the molecule is O=Cc1c(C(F)(F)F)cnc(F)c1F. The van der Waals surface area contributed by atoms with E-state index >= 15 is 0 Å². The summed E-state index contributed by atoms with van der Waals surface area (Å²) >= 11 is 0. The molecule has 1 heterocycles. The lowest BCUT2D eigenvalue weighted by Gasteiger charge is -2.08. The van der Waals surface area contributed by atoms with E-state index in [0.717, 1.165) is 0 Å². The number of aromatic nitrogens is 1. The third kappa shape index (κ3) is 1.70. The van der Waals surface area contributed by atoms with Gasteiger partial charge in [-0.1, -0.05) is 0 Å². The van der Waals surface area contributed by atoms with Crippen molar-refractivity contribution in [2.75, 3.05) is 0 Å². The van der Waals surface area contributed by atoms with Crippen molar-refractivity contribution < 1.29 is 26.7 Å². The zero-order valence-corrected chi connectivity index (χ0v) is 6.40. The molecule has 0 amide bonds. The van der Waals surface area contributed by atoms with E-state index in [4.69, 9.17) is 0 Å². The van der Waals surface area contributed by atoms with Crippen molar-refractivity contribution in [3.05, 3.63) is 29.1 Å². The van der Waals surface area contributed by atoms with E-state index < -0.39 is 35.4 Å². The average Bonchev–Trinajstić information content (AvgIpc) is 2.07. The molecule has 14 heavy (non-hydrogen) atoms. The molecule has 76 valence electrons. The van der Waals surface area contributed by atoms with Gasteiger partial charge in [-0.25, -0.2) is 9.37 Å². The van der Waals surface area contributed by atoms with Gasteiger partial charge in [0.2, 0.25) is 5.95 Å². The highest BCUT2D eigenvalue weighted by atomic mass is 19.4. The summed E-state index contributed by atoms with van der Waals surface area (Å²) in [6.45, 7) is 0. The van der Waals surface area contributed by atoms with Crippen molar-refractivity contribution in [2.45, 2.75) is 6.18 Å². The quantitative estimate of drug-likeness (QED) is 0.405. The molecular weight excluding hydrogens is 209 g/mol. The number of halogens is 5. The van der Waals surface area contributed by atoms with Crippen LogP contribution in [0, 0.1) is 11.8 Å². The smallest absolute Gasteiger partial charge is 0.298 e. The molecule has 0 spiro atoms. The van der Waals surface area contributed by atoms with Crippen LogP contribution in [0.1, 0.15) is 15.9 Å². The van der Waals surface area contributed by atoms with Gasteiger partial charge in [-0.05, 0) is 0 Å². The lowest BCUT2D eigenvalue weighted by Crippen LogP contribution is -2.12. The van der Waals surface area contributed by atoms with E-state index in [9.17, 15) is 26.7 Å². The van der Waals surface area contributed by atoms with Gasteiger partial charge in [0.05, 0.1) is 11.1 Å². The van der Waals surface area contributed by atoms with Crippen molar-refractivity contribution in [2.24, 2.45) is 0 Å². The highest BCUT2D eigenvalue weighted by Crippen LogP contribution is 2.31. The number of hydrogen-bond acceptors (Lipinski definition) is 2. The number of aldehydes is 1. The normalized spacial score (nSPS) is 11.5. The van der Waals surface area contributed by atoms with Crippen LogP contribution in [-0.4, -0.2) is 11.3 Å². The van der Waals surface area contributed by atoms with Gasteiger partial charge in [-0.2, -0.15) is 17.6 Å². The molecule has 0 atom stereocenters. The van der Waals surface area contributed by atoms with Crippen molar-refractivity contribution in [3.63, 3.8) is 0 Å². The fourth-order valence-corrected chi connectivity index (χ4v) is 0.818. The minimum atomic E-state index is -4.93. The fraction of sp³-hybridized carbons (Fsp3) is 0.143. The first-order valence-corrected chi connectivity index (χ1v) is 3.24. The Morgan fingerprint density at radius 3 is 2.29 bits per heavy atom. The van der Waals surface area contributed by atoms with Crippen LogP contribution < -0.4 is 0 Å². The molecule has 0 fully saturated rings. The molecule has 0 N–H and O–H groups in total. The molecule has 0 aliphatic heterocycles. The van der Waals surface area contributed by atoms with Gasteiger partial charge in [0.25, 0.3) is 0 Å². The van der Waals surface area contributed by atoms with E-state index in [0.29, 0.717) is 0 Å². The molecule has 0 saturated heterocycles.